The molecule has 2 aromatic rings. The molecule has 0 aliphatic carbocycles. The summed E-state index contributed by atoms with van der Waals surface area (Å²) < 4.78 is 25.8. The molecular weight excluding hydrogens is 418 g/mol. The number of fused-ring (bicyclic) bond motifs is 1. The van der Waals surface area contributed by atoms with Crippen LogP contribution in [-0.4, -0.2) is 55.5 Å². The lowest BCUT2D eigenvalue weighted by atomic mass is 10.0. The average molecular weight is 444 g/mol. The number of imide groups is 1. The summed E-state index contributed by atoms with van der Waals surface area (Å²) in [6, 6.07) is 11.3. The van der Waals surface area contributed by atoms with E-state index in [-0.39, 0.29) is 34.0 Å². The highest BCUT2D eigenvalue weighted by Gasteiger charge is 2.42. The van der Waals surface area contributed by atoms with Gasteiger partial charge in [0, 0.05) is 19.8 Å². The van der Waals surface area contributed by atoms with Gasteiger partial charge < -0.3 is 5.32 Å². The molecule has 1 unspecified atom stereocenters. The van der Waals surface area contributed by atoms with Crippen molar-refractivity contribution in [1.82, 2.24) is 9.21 Å². The Balaban J connectivity index is 1.91. The van der Waals surface area contributed by atoms with Crippen LogP contribution in [0, 0.1) is 5.92 Å². The predicted molar refractivity (Wildman–Crippen MR) is 116 cm³/mol. The number of nitrogens with zero attached hydrogens (tertiary/aromatic N) is 2. The molecule has 8 nitrogen and oxygen atoms in total. The van der Waals surface area contributed by atoms with E-state index in [1.165, 1.54) is 32.3 Å². The second-order valence-corrected chi connectivity index (χ2v) is 10.1. The second-order valence-electron chi connectivity index (χ2n) is 7.98. The molecule has 1 atom stereocenters. The molecule has 1 heterocycles. The molecule has 3 amide bonds. The standard InChI is InChI=1S/C22H25N3O5S/c1-14(2)12-19(25-21(27)17-10-5-6-11-18(17)22(25)28)20(26)23-15-8-7-9-16(13-15)31(29,30)24(3)4/h5-11,13-14,19H,12H2,1-4H3,(H,23,26). The van der Waals surface area contributed by atoms with Gasteiger partial charge in [0.25, 0.3) is 11.8 Å². The third-order valence-corrected chi connectivity index (χ3v) is 6.83. The van der Waals surface area contributed by atoms with Gasteiger partial charge in [-0.15, -0.1) is 0 Å². The third-order valence-electron chi connectivity index (χ3n) is 5.01. The maximum atomic E-state index is 13.2. The fraction of sp³-hybridized carbons (Fsp3) is 0.318. The third kappa shape index (κ3) is 4.38. The van der Waals surface area contributed by atoms with Gasteiger partial charge >= 0.3 is 0 Å². The summed E-state index contributed by atoms with van der Waals surface area (Å²) in [6.45, 7) is 3.78. The van der Waals surface area contributed by atoms with Crippen molar-refractivity contribution in [2.24, 2.45) is 5.92 Å². The van der Waals surface area contributed by atoms with Crippen LogP contribution in [0.25, 0.3) is 0 Å². The van der Waals surface area contributed by atoms with Gasteiger partial charge in [-0.2, -0.15) is 0 Å². The Morgan fingerprint density at radius 2 is 1.58 bits per heavy atom. The highest BCUT2D eigenvalue weighted by molar-refractivity contribution is 7.89. The summed E-state index contributed by atoms with van der Waals surface area (Å²) in [7, 11) is -0.844. The lowest BCUT2D eigenvalue weighted by Gasteiger charge is -2.27. The van der Waals surface area contributed by atoms with Crippen molar-refractivity contribution in [2.45, 2.75) is 31.2 Å². The quantitative estimate of drug-likeness (QED) is 0.663. The molecule has 0 spiro atoms. The minimum atomic E-state index is -3.68. The molecule has 1 aliphatic heterocycles. The van der Waals surface area contributed by atoms with Gasteiger partial charge in [-0.1, -0.05) is 32.0 Å². The molecule has 164 valence electrons. The van der Waals surface area contributed by atoms with Crippen LogP contribution in [0.1, 0.15) is 41.0 Å². The smallest absolute Gasteiger partial charge is 0.262 e. The number of sulfonamides is 1. The van der Waals surface area contributed by atoms with Crippen molar-refractivity contribution >= 4 is 33.4 Å². The second kappa shape index (κ2) is 8.60. The van der Waals surface area contributed by atoms with Crippen molar-refractivity contribution in [3.8, 4) is 0 Å². The maximum Gasteiger partial charge on any atom is 0.262 e. The van der Waals surface area contributed by atoms with Crippen LogP contribution in [0.4, 0.5) is 5.69 Å². The van der Waals surface area contributed by atoms with Gasteiger partial charge in [-0.25, -0.2) is 12.7 Å². The number of hydrogen-bond acceptors (Lipinski definition) is 5. The molecule has 0 radical (unpaired) electrons. The normalized spacial score (nSPS) is 14.8. The van der Waals surface area contributed by atoms with Gasteiger partial charge in [0.05, 0.1) is 16.0 Å². The van der Waals surface area contributed by atoms with Gasteiger partial charge in [0.1, 0.15) is 6.04 Å². The van der Waals surface area contributed by atoms with Gasteiger partial charge in [-0.05, 0) is 42.7 Å². The van der Waals surface area contributed by atoms with E-state index < -0.39 is 33.8 Å². The van der Waals surface area contributed by atoms with Crippen molar-refractivity contribution in [3.05, 3.63) is 59.7 Å². The van der Waals surface area contributed by atoms with Crippen molar-refractivity contribution < 1.29 is 22.8 Å². The number of rotatable bonds is 7. The first-order valence-corrected chi connectivity index (χ1v) is 11.3. The maximum absolute atomic E-state index is 13.2. The molecule has 0 bridgehead atoms. The first-order valence-electron chi connectivity index (χ1n) is 9.84. The highest BCUT2D eigenvalue weighted by Crippen LogP contribution is 2.28. The molecule has 0 fully saturated rings. The Labute approximate surface area is 181 Å². The van der Waals surface area contributed by atoms with E-state index in [0.717, 1.165) is 9.21 Å². The zero-order valence-corrected chi connectivity index (χ0v) is 18.6. The SMILES string of the molecule is CC(C)CC(C(=O)Nc1cccc(S(=O)(=O)N(C)C)c1)N1C(=O)c2ccccc2C1=O. The number of carbonyl (C=O) groups excluding carboxylic acids is 3. The summed E-state index contributed by atoms with van der Waals surface area (Å²) in [5.41, 5.74) is 0.805. The van der Waals surface area contributed by atoms with Crippen LogP contribution in [0.3, 0.4) is 0 Å². The van der Waals surface area contributed by atoms with Crippen LogP contribution in [0.5, 0.6) is 0 Å². The number of anilines is 1. The topological polar surface area (TPSA) is 104 Å². The molecule has 0 aromatic heterocycles. The summed E-state index contributed by atoms with van der Waals surface area (Å²) in [4.78, 5) is 40.0. The van der Waals surface area contributed by atoms with Crippen LogP contribution in [0.2, 0.25) is 0 Å². The number of nitrogens with one attached hydrogen (secondary N) is 1. The van der Waals surface area contributed by atoms with Crippen LogP contribution < -0.4 is 5.32 Å². The Hall–Kier alpha value is -3.04. The summed E-state index contributed by atoms with van der Waals surface area (Å²) in [5.74, 6) is -1.54. The molecule has 0 saturated carbocycles. The zero-order valence-electron chi connectivity index (χ0n) is 17.8. The molecule has 31 heavy (non-hydrogen) atoms. The van der Waals surface area contributed by atoms with Crippen LogP contribution in [-0.2, 0) is 14.8 Å². The Morgan fingerprint density at radius 1 is 1.00 bits per heavy atom. The fourth-order valence-corrected chi connectivity index (χ4v) is 4.39. The molecule has 1 N–H and O–H groups in total. The summed E-state index contributed by atoms with van der Waals surface area (Å²) in [5, 5.41) is 2.68. The first-order chi connectivity index (χ1) is 14.5. The summed E-state index contributed by atoms with van der Waals surface area (Å²) in [6.07, 6.45) is 0.271. The van der Waals surface area contributed by atoms with E-state index in [4.69, 9.17) is 0 Å². The number of carbonyl (C=O) groups is 3. The minimum absolute atomic E-state index is 0.0245. The molecule has 3 rings (SSSR count). The van der Waals surface area contributed by atoms with Crippen molar-refractivity contribution in [3.63, 3.8) is 0 Å². The van der Waals surface area contributed by atoms with E-state index in [2.05, 4.69) is 5.32 Å². The largest absolute Gasteiger partial charge is 0.324 e. The van der Waals surface area contributed by atoms with E-state index in [0.29, 0.717) is 0 Å². The first kappa shape index (κ1) is 22.6. The highest BCUT2D eigenvalue weighted by atomic mass is 32.2. The lowest BCUT2D eigenvalue weighted by Crippen LogP contribution is -2.48. The number of hydrogen-bond donors (Lipinski definition) is 1. The fourth-order valence-electron chi connectivity index (χ4n) is 3.44. The molecule has 9 heteroatoms. The van der Waals surface area contributed by atoms with Gasteiger partial charge in [0.15, 0.2) is 0 Å². The van der Waals surface area contributed by atoms with Gasteiger partial charge in [-0.3, -0.25) is 19.3 Å². The molecule has 0 saturated heterocycles. The van der Waals surface area contributed by atoms with E-state index >= 15 is 0 Å². The zero-order chi connectivity index (χ0) is 22.9. The molecule has 1 aliphatic rings. The average Bonchev–Trinajstić information content (AvgIpc) is 2.97. The Bertz CT molecular complexity index is 1110. The minimum Gasteiger partial charge on any atom is -0.324 e. The molecular formula is C22H25N3O5S. The Kier molecular flexibility index (Phi) is 6.28. The number of amides is 3. The van der Waals surface area contributed by atoms with Crippen LogP contribution >= 0.6 is 0 Å². The van der Waals surface area contributed by atoms with Gasteiger partial charge in [0.2, 0.25) is 15.9 Å². The lowest BCUT2D eigenvalue weighted by molar-refractivity contribution is -0.120. The predicted octanol–water partition coefficient (Wildman–Crippen LogP) is 2.59. The van der Waals surface area contributed by atoms with E-state index in [9.17, 15) is 22.8 Å². The monoisotopic (exact) mass is 443 g/mol. The van der Waals surface area contributed by atoms with Crippen LogP contribution in [0.15, 0.2) is 53.4 Å². The van der Waals surface area contributed by atoms with Crippen molar-refractivity contribution in [2.75, 3.05) is 19.4 Å². The van der Waals surface area contributed by atoms with Crippen molar-refractivity contribution in [1.29, 1.82) is 0 Å². The van der Waals surface area contributed by atoms with E-state index in [1.54, 1.807) is 30.3 Å². The van der Waals surface area contributed by atoms with E-state index in [1.807, 2.05) is 13.8 Å². The summed E-state index contributed by atoms with van der Waals surface area (Å²) >= 11 is 0. The molecule has 2 aromatic carbocycles. The number of benzene rings is 2. The Morgan fingerprint density at radius 3 is 2.10 bits per heavy atom.